The van der Waals surface area contributed by atoms with Crippen LogP contribution in [0.1, 0.15) is 43.0 Å². The van der Waals surface area contributed by atoms with E-state index < -0.39 is 6.04 Å². The summed E-state index contributed by atoms with van der Waals surface area (Å²) in [6.45, 7) is -0.0469. The second-order valence-electron chi connectivity index (χ2n) is 6.80. The molecule has 142 valence electrons. The number of amides is 2. The Kier molecular flexibility index (Phi) is 6.84. The molecule has 1 aromatic carbocycles. The van der Waals surface area contributed by atoms with Crippen LogP contribution in [0.3, 0.4) is 0 Å². The maximum Gasteiger partial charge on any atom is 0.250 e. The molecule has 2 atom stereocenters. The molecule has 1 aliphatic heterocycles. The van der Waals surface area contributed by atoms with Gasteiger partial charge in [-0.2, -0.15) is 0 Å². The van der Waals surface area contributed by atoms with Crippen LogP contribution in [0.4, 0.5) is 0 Å². The van der Waals surface area contributed by atoms with Crippen LogP contribution in [-0.2, 0) is 14.3 Å². The molecule has 2 aliphatic rings. The molecule has 26 heavy (non-hydrogen) atoms. The summed E-state index contributed by atoms with van der Waals surface area (Å²) in [6.07, 6.45) is 5.58. The predicted molar refractivity (Wildman–Crippen MR) is 104 cm³/mol. The highest BCUT2D eigenvalue weighted by molar-refractivity contribution is 7.99. The minimum atomic E-state index is -0.495. The van der Waals surface area contributed by atoms with Gasteiger partial charge in [-0.05, 0) is 18.9 Å². The number of ether oxygens (including phenoxy) is 1. The Hall–Kier alpha value is -1.24. The first-order valence-electron chi connectivity index (χ1n) is 9.08. The number of hydrogen-bond acceptors (Lipinski definition) is 4. The lowest BCUT2D eigenvalue weighted by Gasteiger charge is -2.31. The van der Waals surface area contributed by atoms with Crippen LogP contribution in [0.15, 0.2) is 24.3 Å². The summed E-state index contributed by atoms with van der Waals surface area (Å²) in [5.41, 5.74) is 0.858. The van der Waals surface area contributed by atoms with E-state index in [9.17, 15) is 9.59 Å². The summed E-state index contributed by atoms with van der Waals surface area (Å²) in [6, 6.07) is 7.21. The molecule has 1 aromatic rings. The summed E-state index contributed by atoms with van der Waals surface area (Å²) >= 11 is 7.93. The number of carbonyl (C=O) groups excluding carboxylic acids is 2. The molecular formula is C19H25ClN2O3S. The van der Waals surface area contributed by atoms with Gasteiger partial charge in [0.1, 0.15) is 18.0 Å². The molecule has 5 nitrogen and oxygen atoms in total. The van der Waals surface area contributed by atoms with Crippen molar-refractivity contribution in [2.75, 3.05) is 19.5 Å². The molecule has 3 rings (SSSR count). The van der Waals surface area contributed by atoms with Crippen molar-refractivity contribution in [3.63, 3.8) is 0 Å². The predicted octanol–water partition coefficient (Wildman–Crippen LogP) is 3.38. The van der Waals surface area contributed by atoms with Crippen LogP contribution in [0.25, 0.3) is 0 Å². The molecule has 0 spiro atoms. The number of hydrogen-bond donors (Lipinski definition) is 1. The van der Waals surface area contributed by atoms with Crippen LogP contribution >= 0.6 is 23.4 Å². The fourth-order valence-electron chi connectivity index (χ4n) is 3.67. The van der Waals surface area contributed by atoms with Gasteiger partial charge in [-0.3, -0.25) is 9.59 Å². The number of nitrogens with zero attached hydrogens (tertiary/aromatic N) is 1. The Morgan fingerprint density at radius 3 is 2.69 bits per heavy atom. The lowest BCUT2D eigenvalue weighted by molar-refractivity contribution is -0.143. The molecule has 0 bridgehead atoms. The van der Waals surface area contributed by atoms with Gasteiger partial charge in [-0.25, -0.2) is 0 Å². The second-order valence-corrected chi connectivity index (χ2v) is 8.32. The highest BCUT2D eigenvalue weighted by Gasteiger charge is 2.43. The number of methoxy groups -OCH3 is 1. The summed E-state index contributed by atoms with van der Waals surface area (Å²) in [4.78, 5) is 27.3. The number of nitrogens with one attached hydrogen (secondary N) is 1. The molecule has 2 amide bonds. The zero-order valence-electron chi connectivity index (χ0n) is 14.9. The molecule has 1 saturated heterocycles. The Morgan fingerprint density at radius 2 is 2.00 bits per heavy atom. The Morgan fingerprint density at radius 1 is 1.27 bits per heavy atom. The van der Waals surface area contributed by atoms with E-state index in [1.165, 1.54) is 13.5 Å². The highest BCUT2D eigenvalue weighted by atomic mass is 35.5. The topological polar surface area (TPSA) is 58.6 Å². The van der Waals surface area contributed by atoms with Gasteiger partial charge in [0.2, 0.25) is 11.8 Å². The third kappa shape index (κ3) is 4.35. The SMILES string of the molecule is COCC(=O)N1[C@H](C(=O)NC2CCCCC2)CS[C@H]1c1ccccc1Cl. The molecule has 1 saturated carbocycles. The van der Waals surface area contributed by atoms with Crippen molar-refractivity contribution >= 4 is 35.2 Å². The van der Waals surface area contributed by atoms with Crippen LogP contribution < -0.4 is 5.32 Å². The fraction of sp³-hybridized carbons (Fsp3) is 0.579. The zero-order valence-corrected chi connectivity index (χ0v) is 16.5. The van der Waals surface area contributed by atoms with E-state index in [4.69, 9.17) is 16.3 Å². The van der Waals surface area contributed by atoms with Crippen LogP contribution in [0, 0.1) is 0 Å². The van der Waals surface area contributed by atoms with Crippen molar-refractivity contribution in [3.8, 4) is 0 Å². The number of halogens is 1. The van der Waals surface area contributed by atoms with E-state index in [-0.39, 0.29) is 29.8 Å². The maximum atomic E-state index is 12.9. The standard InChI is InChI=1S/C19H25ClN2O3S/c1-25-11-17(23)22-16(18(24)21-13-7-3-2-4-8-13)12-26-19(22)14-9-5-6-10-15(14)20/h5-6,9-10,13,16,19H,2-4,7-8,11-12H2,1H3,(H,21,24)/t16-,19-/m0/s1. The van der Waals surface area contributed by atoms with Crippen molar-refractivity contribution in [1.82, 2.24) is 10.2 Å². The molecule has 7 heteroatoms. The molecule has 1 heterocycles. The van der Waals surface area contributed by atoms with Crippen molar-refractivity contribution in [3.05, 3.63) is 34.9 Å². The Labute approximate surface area is 163 Å². The van der Waals surface area contributed by atoms with Gasteiger partial charge in [0.15, 0.2) is 0 Å². The highest BCUT2D eigenvalue weighted by Crippen LogP contribution is 2.43. The average molecular weight is 397 g/mol. The third-order valence-electron chi connectivity index (χ3n) is 4.98. The van der Waals surface area contributed by atoms with Gasteiger partial charge >= 0.3 is 0 Å². The van der Waals surface area contributed by atoms with Gasteiger partial charge in [-0.15, -0.1) is 11.8 Å². The smallest absolute Gasteiger partial charge is 0.250 e. The summed E-state index contributed by atoms with van der Waals surface area (Å²) in [5.74, 6) is 0.304. The fourth-order valence-corrected chi connectivity index (χ4v) is 5.46. The van der Waals surface area contributed by atoms with Crippen LogP contribution in [0.5, 0.6) is 0 Å². The van der Waals surface area contributed by atoms with Crippen molar-refractivity contribution in [1.29, 1.82) is 0 Å². The Balaban J connectivity index is 1.79. The van der Waals surface area contributed by atoms with Crippen LogP contribution in [0.2, 0.25) is 5.02 Å². The third-order valence-corrected chi connectivity index (χ3v) is 6.63. The molecule has 0 aromatic heterocycles. The first-order chi connectivity index (χ1) is 12.6. The van der Waals surface area contributed by atoms with Gasteiger partial charge in [0.25, 0.3) is 0 Å². The van der Waals surface area contributed by atoms with E-state index >= 15 is 0 Å². The lowest BCUT2D eigenvalue weighted by atomic mass is 9.95. The quantitative estimate of drug-likeness (QED) is 0.828. The first kappa shape index (κ1) is 19.5. The molecule has 1 aliphatic carbocycles. The van der Waals surface area contributed by atoms with Gasteiger partial charge in [0, 0.05) is 29.5 Å². The minimum Gasteiger partial charge on any atom is -0.375 e. The van der Waals surface area contributed by atoms with Gasteiger partial charge in [-0.1, -0.05) is 49.1 Å². The number of rotatable bonds is 5. The molecular weight excluding hydrogens is 372 g/mol. The van der Waals surface area contributed by atoms with Crippen molar-refractivity contribution < 1.29 is 14.3 Å². The molecule has 0 unspecified atom stereocenters. The van der Waals surface area contributed by atoms with E-state index in [2.05, 4.69) is 5.32 Å². The van der Waals surface area contributed by atoms with Gasteiger partial charge < -0.3 is 15.0 Å². The number of benzene rings is 1. The van der Waals surface area contributed by atoms with Crippen molar-refractivity contribution in [2.45, 2.75) is 49.6 Å². The average Bonchev–Trinajstić information content (AvgIpc) is 3.08. The molecule has 2 fully saturated rings. The summed E-state index contributed by atoms with van der Waals surface area (Å²) < 4.78 is 5.04. The van der Waals surface area contributed by atoms with E-state index in [1.54, 1.807) is 16.7 Å². The largest absolute Gasteiger partial charge is 0.375 e. The number of carbonyl (C=O) groups is 2. The molecule has 1 N–H and O–H groups in total. The number of thioether (sulfide) groups is 1. The maximum absolute atomic E-state index is 12.9. The second kappa shape index (κ2) is 9.11. The van der Waals surface area contributed by atoms with Crippen molar-refractivity contribution in [2.24, 2.45) is 0 Å². The lowest BCUT2D eigenvalue weighted by Crippen LogP contribution is -2.51. The monoisotopic (exact) mass is 396 g/mol. The minimum absolute atomic E-state index is 0.0469. The molecule has 0 radical (unpaired) electrons. The normalized spacial score (nSPS) is 23.8. The van der Waals surface area contributed by atoms with E-state index in [1.807, 2.05) is 24.3 Å². The van der Waals surface area contributed by atoms with E-state index in [0.29, 0.717) is 10.8 Å². The summed E-state index contributed by atoms with van der Waals surface area (Å²) in [5, 5.41) is 3.49. The zero-order chi connectivity index (χ0) is 18.5. The van der Waals surface area contributed by atoms with E-state index in [0.717, 1.165) is 31.2 Å². The Bertz CT molecular complexity index is 651. The van der Waals surface area contributed by atoms with Gasteiger partial charge in [0.05, 0.1) is 0 Å². The van der Waals surface area contributed by atoms with Crippen LogP contribution in [-0.4, -0.2) is 48.3 Å². The summed E-state index contributed by atoms with van der Waals surface area (Å²) in [7, 11) is 1.49. The first-order valence-corrected chi connectivity index (χ1v) is 10.5.